The first-order chi connectivity index (χ1) is 6.74. The molecule has 4 heteroatoms. The smallest absolute Gasteiger partial charge is 0.257 e. The number of nitrogens with two attached hydrogens (primary N) is 1. The van der Waals surface area contributed by atoms with Gasteiger partial charge in [-0.25, -0.2) is 0 Å². The van der Waals surface area contributed by atoms with Gasteiger partial charge < -0.3 is 5.73 Å². The molecule has 0 fully saturated rings. The Hall–Kier alpha value is -1.68. The Balaban J connectivity index is 2.55. The lowest BCUT2D eigenvalue weighted by molar-refractivity contribution is -0.119. The fourth-order valence-electron chi connectivity index (χ4n) is 0.982. The van der Waals surface area contributed by atoms with Crippen LogP contribution in [0.1, 0.15) is 16.8 Å². The number of rotatable bonds is 3. The van der Waals surface area contributed by atoms with Crippen LogP contribution in [0.3, 0.4) is 0 Å². The maximum absolute atomic E-state index is 11.4. The second-order valence-electron chi connectivity index (χ2n) is 2.78. The van der Waals surface area contributed by atoms with Crippen LogP contribution in [0.25, 0.3) is 0 Å². The summed E-state index contributed by atoms with van der Waals surface area (Å²) in [5, 5.41) is 2.24. The zero-order valence-electron chi connectivity index (χ0n) is 7.69. The van der Waals surface area contributed by atoms with Crippen molar-refractivity contribution in [1.29, 1.82) is 0 Å². The highest BCUT2D eigenvalue weighted by atomic mass is 16.2. The van der Waals surface area contributed by atoms with Gasteiger partial charge in [-0.05, 0) is 12.1 Å². The minimum Gasteiger partial charge on any atom is -0.330 e. The number of amides is 2. The summed E-state index contributed by atoms with van der Waals surface area (Å²) in [6, 6.07) is 8.57. The van der Waals surface area contributed by atoms with Crippen molar-refractivity contribution in [1.82, 2.24) is 5.32 Å². The summed E-state index contributed by atoms with van der Waals surface area (Å²) in [6.45, 7) is 0.244. The van der Waals surface area contributed by atoms with Crippen LogP contribution >= 0.6 is 0 Å². The van der Waals surface area contributed by atoms with E-state index in [4.69, 9.17) is 5.73 Å². The second-order valence-corrected chi connectivity index (χ2v) is 2.78. The standard InChI is InChI=1S/C10H12N2O2/c11-7-6-9(13)12-10(14)8-4-2-1-3-5-8/h1-5H,6-7,11H2,(H,12,13,14). The number of carbonyl (C=O) groups excluding carboxylic acids is 2. The summed E-state index contributed by atoms with van der Waals surface area (Å²) < 4.78 is 0. The van der Waals surface area contributed by atoms with Crippen molar-refractivity contribution < 1.29 is 9.59 Å². The summed E-state index contributed by atoms with van der Waals surface area (Å²) in [7, 11) is 0. The summed E-state index contributed by atoms with van der Waals surface area (Å²) in [5.41, 5.74) is 5.64. The molecule has 0 aromatic heterocycles. The minimum atomic E-state index is -0.385. The van der Waals surface area contributed by atoms with Gasteiger partial charge >= 0.3 is 0 Å². The highest BCUT2D eigenvalue weighted by Crippen LogP contribution is 1.97. The number of hydrogen-bond donors (Lipinski definition) is 2. The molecule has 0 unspecified atom stereocenters. The molecule has 0 atom stereocenters. The topological polar surface area (TPSA) is 72.2 Å². The first kappa shape index (κ1) is 10.4. The van der Waals surface area contributed by atoms with E-state index in [1.807, 2.05) is 0 Å². The SMILES string of the molecule is NCCC(=O)NC(=O)c1ccccc1. The van der Waals surface area contributed by atoms with Crippen LogP contribution in [0, 0.1) is 0 Å². The predicted molar refractivity (Wildman–Crippen MR) is 52.6 cm³/mol. The van der Waals surface area contributed by atoms with E-state index in [1.54, 1.807) is 30.3 Å². The number of carbonyl (C=O) groups is 2. The van der Waals surface area contributed by atoms with Crippen molar-refractivity contribution in [2.24, 2.45) is 5.73 Å². The zero-order chi connectivity index (χ0) is 10.4. The van der Waals surface area contributed by atoms with E-state index in [9.17, 15) is 9.59 Å². The van der Waals surface area contributed by atoms with Crippen LogP contribution in [0.5, 0.6) is 0 Å². The van der Waals surface area contributed by atoms with Gasteiger partial charge in [-0.1, -0.05) is 18.2 Å². The summed E-state index contributed by atoms with van der Waals surface area (Å²) in [6.07, 6.45) is 0.165. The van der Waals surface area contributed by atoms with Crippen molar-refractivity contribution in [2.75, 3.05) is 6.54 Å². The van der Waals surface area contributed by atoms with Crippen molar-refractivity contribution in [3.05, 3.63) is 35.9 Å². The molecule has 14 heavy (non-hydrogen) atoms. The highest BCUT2D eigenvalue weighted by molar-refractivity contribution is 6.04. The van der Waals surface area contributed by atoms with Crippen LogP contribution in [0.4, 0.5) is 0 Å². The molecule has 2 amide bonds. The molecule has 0 saturated heterocycles. The summed E-state index contributed by atoms with van der Waals surface area (Å²) >= 11 is 0. The molecule has 0 heterocycles. The molecule has 0 aliphatic carbocycles. The molecule has 0 bridgehead atoms. The van der Waals surface area contributed by atoms with Crippen LogP contribution in [-0.4, -0.2) is 18.4 Å². The van der Waals surface area contributed by atoms with Gasteiger partial charge in [0, 0.05) is 18.5 Å². The number of benzene rings is 1. The maximum Gasteiger partial charge on any atom is 0.257 e. The first-order valence-electron chi connectivity index (χ1n) is 4.33. The van der Waals surface area contributed by atoms with E-state index in [0.29, 0.717) is 5.56 Å². The Morgan fingerprint density at radius 1 is 1.21 bits per heavy atom. The predicted octanol–water partition coefficient (Wildman–Crippen LogP) is 0.292. The molecule has 1 rings (SSSR count). The van der Waals surface area contributed by atoms with Crippen LogP contribution in [0.2, 0.25) is 0 Å². The fraction of sp³-hybridized carbons (Fsp3) is 0.200. The molecular formula is C10H12N2O2. The maximum atomic E-state index is 11.4. The van der Waals surface area contributed by atoms with E-state index >= 15 is 0 Å². The number of nitrogens with one attached hydrogen (secondary N) is 1. The van der Waals surface area contributed by atoms with Crippen molar-refractivity contribution in [3.8, 4) is 0 Å². The van der Waals surface area contributed by atoms with Crippen LogP contribution < -0.4 is 11.1 Å². The van der Waals surface area contributed by atoms with Gasteiger partial charge in [0.1, 0.15) is 0 Å². The lowest BCUT2D eigenvalue weighted by Crippen LogP contribution is -2.31. The normalized spacial score (nSPS) is 9.50. The largest absolute Gasteiger partial charge is 0.330 e. The summed E-state index contributed by atoms with van der Waals surface area (Å²) in [4.78, 5) is 22.4. The average Bonchev–Trinajstić information content (AvgIpc) is 2.19. The Labute approximate surface area is 82.1 Å². The first-order valence-corrected chi connectivity index (χ1v) is 4.33. The van der Waals surface area contributed by atoms with Gasteiger partial charge in [0.2, 0.25) is 5.91 Å². The van der Waals surface area contributed by atoms with E-state index in [-0.39, 0.29) is 24.8 Å². The van der Waals surface area contributed by atoms with E-state index in [1.165, 1.54) is 0 Å². The van der Waals surface area contributed by atoms with Crippen LogP contribution in [0.15, 0.2) is 30.3 Å². The summed E-state index contributed by atoms with van der Waals surface area (Å²) in [5.74, 6) is -0.731. The fourth-order valence-corrected chi connectivity index (χ4v) is 0.982. The molecule has 0 aliphatic heterocycles. The molecule has 0 saturated carbocycles. The van der Waals surface area contributed by atoms with E-state index < -0.39 is 0 Å². The molecular weight excluding hydrogens is 180 g/mol. The minimum absolute atomic E-state index is 0.165. The van der Waals surface area contributed by atoms with Crippen LogP contribution in [-0.2, 0) is 4.79 Å². The Bertz CT molecular complexity index is 322. The Kier molecular flexibility index (Phi) is 3.82. The average molecular weight is 192 g/mol. The lowest BCUT2D eigenvalue weighted by atomic mass is 10.2. The van der Waals surface area contributed by atoms with Gasteiger partial charge in [-0.2, -0.15) is 0 Å². The van der Waals surface area contributed by atoms with Crippen molar-refractivity contribution in [3.63, 3.8) is 0 Å². The van der Waals surface area contributed by atoms with Crippen molar-refractivity contribution >= 4 is 11.8 Å². The zero-order valence-corrected chi connectivity index (χ0v) is 7.69. The molecule has 3 N–H and O–H groups in total. The highest BCUT2D eigenvalue weighted by Gasteiger charge is 2.07. The monoisotopic (exact) mass is 192 g/mol. The molecule has 1 aromatic carbocycles. The molecule has 0 aliphatic rings. The second kappa shape index (κ2) is 5.14. The number of imide groups is 1. The Morgan fingerprint density at radius 3 is 2.43 bits per heavy atom. The van der Waals surface area contributed by atoms with E-state index in [0.717, 1.165) is 0 Å². The molecule has 0 spiro atoms. The van der Waals surface area contributed by atoms with Gasteiger partial charge in [0.25, 0.3) is 5.91 Å². The number of hydrogen-bond acceptors (Lipinski definition) is 3. The van der Waals surface area contributed by atoms with Gasteiger partial charge in [0.15, 0.2) is 0 Å². The molecule has 74 valence electrons. The quantitative estimate of drug-likeness (QED) is 0.723. The Morgan fingerprint density at radius 2 is 1.86 bits per heavy atom. The molecule has 1 aromatic rings. The van der Waals surface area contributed by atoms with Gasteiger partial charge in [0.05, 0.1) is 0 Å². The third-order valence-corrected chi connectivity index (χ3v) is 1.66. The van der Waals surface area contributed by atoms with Crippen molar-refractivity contribution in [2.45, 2.75) is 6.42 Å². The van der Waals surface area contributed by atoms with E-state index in [2.05, 4.69) is 5.32 Å². The molecule has 0 radical (unpaired) electrons. The third-order valence-electron chi connectivity index (χ3n) is 1.66. The van der Waals surface area contributed by atoms with Gasteiger partial charge in [-0.3, -0.25) is 14.9 Å². The van der Waals surface area contributed by atoms with Gasteiger partial charge in [-0.15, -0.1) is 0 Å². The lowest BCUT2D eigenvalue weighted by Gasteiger charge is -2.02. The third kappa shape index (κ3) is 2.99. The molecule has 4 nitrogen and oxygen atoms in total.